The number of aryl methyl sites for hydroxylation is 1. The lowest BCUT2D eigenvalue weighted by atomic mass is 9.91. The maximum atomic E-state index is 4.15. The van der Waals surface area contributed by atoms with E-state index in [2.05, 4.69) is 53.5 Å². The summed E-state index contributed by atoms with van der Waals surface area (Å²) in [5, 5.41) is 10.7. The van der Waals surface area contributed by atoms with E-state index in [1.165, 1.54) is 30.4 Å². The van der Waals surface area contributed by atoms with Gasteiger partial charge in [-0.15, -0.1) is 0 Å². The van der Waals surface area contributed by atoms with E-state index >= 15 is 0 Å². The zero-order valence-electron chi connectivity index (χ0n) is 11.9. The van der Waals surface area contributed by atoms with Gasteiger partial charge >= 0.3 is 0 Å². The molecule has 0 saturated carbocycles. The summed E-state index contributed by atoms with van der Waals surface area (Å²) in [4.78, 5) is 0. The number of aromatic nitrogens is 3. The predicted octanol–water partition coefficient (Wildman–Crippen LogP) is 3.88. The second kappa shape index (κ2) is 7.07. The van der Waals surface area contributed by atoms with Crippen LogP contribution in [0.5, 0.6) is 0 Å². The maximum Gasteiger partial charge on any atom is 0.0830 e. The highest BCUT2D eigenvalue weighted by Crippen LogP contribution is 2.23. The van der Waals surface area contributed by atoms with Gasteiger partial charge in [0.05, 0.1) is 11.9 Å². The van der Waals surface area contributed by atoms with E-state index in [1.54, 1.807) is 0 Å². The molecule has 3 heteroatoms. The number of aromatic amines is 1. The molecule has 3 nitrogen and oxygen atoms in total. The first kappa shape index (κ1) is 13.8. The van der Waals surface area contributed by atoms with Crippen molar-refractivity contribution < 1.29 is 0 Å². The molecule has 0 spiro atoms. The molecule has 2 aromatic rings. The molecule has 0 aliphatic carbocycles. The molecular weight excluding hydrogens is 234 g/mol. The molecule has 0 aliphatic heterocycles. The zero-order valence-corrected chi connectivity index (χ0v) is 11.9. The molecule has 1 aromatic heterocycles. The van der Waals surface area contributed by atoms with Crippen LogP contribution in [0.4, 0.5) is 0 Å². The molecule has 0 saturated heterocycles. The Morgan fingerprint density at radius 2 is 1.95 bits per heavy atom. The summed E-state index contributed by atoms with van der Waals surface area (Å²) in [5.41, 5.74) is 3.90. The van der Waals surface area contributed by atoms with Crippen LogP contribution in [-0.4, -0.2) is 15.4 Å². The van der Waals surface area contributed by atoms with Crippen molar-refractivity contribution in [2.75, 3.05) is 0 Å². The third-order valence-corrected chi connectivity index (χ3v) is 3.68. The standard InChI is InChI=1S/C16H23N3/c1-3-5-6-13-7-9-15(10-8-13)14(4-2)11-16-12-17-19-18-16/h7-10,12,14H,3-6,11H2,1-2H3,(H,17,18,19). The molecule has 0 amide bonds. The van der Waals surface area contributed by atoms with Gasteiger partial charge in [-0.2, -0.15) is 15.4 Å². The first-order valence-electron chi connectivity index (χ1n) is 7.27. The Hall–Kier alpha value is -1.64. The highest BCUT2D eigenvalue weighted by molar-refractivity contribution is 5.26. The highest BCUT2D eigenvalue weighted by Gasteiger charge is 2.11. The Kier molecular flexibility index (Phi) is 5.13. The van der Waals surface area contributed by atoms with Crippen LogP contribution in [-0.2, 0) is 12.8 Å². The van der Waals surface area contributed by atoms with Gasteiger partial charge in [-0.25, -0.2) is 0 Å². The Balaban J connectivity index is 2.02. The molecule has 1 unspecified atom stereocenters. The molecule has 0 radical (unpaired) electrons. The van der Waals surface area contributed by atoms with Crippen LogP contribution in [0.3, 0.4) is 0 Å². The number of rotatable bonds is 7. The molecule has 19 heavy (non-hydrogen) atoms. The normalized spacial score (nSPS) is 12.5. The lowest BCUT2D eigenvalue weighted by molar-refractivity contribution is 0.647. The Morgan fingerprint density at radius 1 is 1.16 bits per heavy atom. The summed E-state index contributed by atoms with van der Waals surface area (Å²) in [6.45, 7) is 4.47. The van der Waals surface area contributed by atoms with Crippen molar-refractivity contribution in [3.63, 3.8) is 0 Å². The van der Waals surface area contributed by atoms with E-state index in [4.69, 9.17) is 0 Å². The summed E-state index contributed by atoms with van der Waals surface area (Å²) in [7, 11) is 0. The minimum Gasteiger partial charge on any atom is -0.198 e. The minimum atomic E-state index is 0.533. The van der Waals surface area contributed by atoms with Crippen LogP contribution >= 0.6 is 0 Å². The highest BCUT2D eigenvalue weighted by atomic mass is 15.3. The molecule has 1 heterocycles. The lowest BCUT2D eigenvalue weighted by Gasteiger charge is -2.14. The van der Waals surface area contributed by atoms with Gasteiger partial charge in [0.15, 0.2) is 0 Å². The molecule has 102 valence electrons. The third kappa shape index (κ3) is 3.91. The van der Waals surface area contributed by atoms with Gasteiger partial charge in [-0.3, -0.25) is 0 Å². The number of benzene rings is 1. The molecule has 1 atom stereocenters. The minimum absolute atomic E-state index is 0.533. The Bertz CT molecular complexity index is 459. The topological polar surface area (TPSA) is 41.6 Å². The van der Waals surface area contributed by atoms with Crippen molar-refractivity contribution in [3.05, 3.63) is 47.3 Å². The van der Waals surface area contributed by atoms with Gasteiger partial charge < -0.3 is 0 Å². The number of nitrogens with one attached hydrogen (secondary N) is 1. The number of hydrogen-bond acceptors (Lipinski definition) is 2. The number of unbranched alkanes of at least 4 members (excludes halogenated alkanes) is 1. The average Bonchev–Trinajstić information content (AvgIpc) is 2.96. The molecule has 1 N–H and O–H groups in total. The lowest BCUT2D eigenvalue weighted by Crippen LogP contribution is -2.02. The van der Waals surface area contributed by atoms with Gasteiger partial charge in [0, 0.05) is 0 Å². The van der Waals surface area contributed by atoms with E-state index in [0.717, 1.165) is 18.5 Å². The largest absolute Gasteiger partial charge is 0.198 e. The Labute approximate surface area is 115 Å². The van der Waals surface area contributed by atoms with Gasteiger partial charge in [0.2, 0.25) is 0 Å². The van der Waals surface area contributed by atoms with Crippen molar-refractivity contribution in [2.24, 2.45) is 0 Å². The molecule has 1 aromatic carbocycles. The first-order chi connectivity index (χ1) is 9.33. The van der Waals surface area contributed by atoms with E-state index in [9.17, 15) is 0 Å². The van der Waals surface area contributed by atoms with Gasteiger partial charge in [0.1, 0.15) is 0 Å². The number of nitrogens with zero attached hydrogens (tertiary/aromatic N) is 2. The summed E-state index contributed by atoms with van der Waals surface area (Å²) in [6.07, 6.45) is 7.62. The third-order valence-electron chi connectivity index (χ3n) is 3.68. The maximum absolute atomic E-state index is 4.15. The fourth-order valence-electron chi connectivity index (χ4n) is 2.41. The van der Waals surface area contributed by atoms with E-state index in [-0.39, 0.29) is 0 Å². The summed E-state index contributed by atoms with van der Waals surface area (Å²) < 4.78 is 0. The molecule has 0 aliphatic rings. The smallest absolute Gasteiger partial charge is 0.0830 e. The molecule has 2 rings (SSSR count). The quantitative estimate of drug-likeness (QED) is 0.817. The van der Waals surface area contributed by atoms with Crippen molar-refractivity contribution in [3.8, 4) is 0 Å². The zero-order chi connectivity index (χ0) is 13.5. The van der Waals surface area contributed by atoms with Crippen LogP contribution in [0.25, 0.3) is 0 Å². The fourth-order valence-corrected chi connectivity index (χ4v) is 2.41. The van der Waals surface area contributed by atoms with Crippen LogP contribution in [0.2, 0.25) is 0 Å². The number of hydrogen-bond donors (Lipinski definition) is 1. The van der Waals surface area contributed by atoms with Crippen LogP contribution in [0, 0.1) is 0 Å². The summed E-state index contributed by atoms with van der Waals surface area (Å²) in [5.74, 6) is 0.533. The first-order valence-corrected chi connectivity index (χ1v) is 7.27. The Morgan fingerprint density at radius 3 is 2.53 bits per heavy atom. The molecular formula is C16H23N3. The van der Waals surface area contributed by atoms with Gasteiger partial charge in [0.25, 0.3) is 0 Å². The average molecular weight is 257 g/mol. The second-order valence-electron chi connectivity index (χ2n) is 5.12. The fraction of sp³-hybridized carbons (Fsp3) is 0.500. The van der Waals surface area contributed by atoms with Crippen molar-refractivity contribution >= 4 is 0 Å². The molecule has 0 bridgehead atoms. The van der Waals surface area contributed by atoms with E-state index < -0.39 is 0 Å². The SMILES string of the molecule is CCCCc1ccc(C(CC)Cc2cn[nH]n2)cc1. The van der Waals surface area contributed by atoms with Gasteiger partial charge in [-0.05, 0) is 42.7 Å². The summed E-state index contributed by atoms with van der Waals surface area (Å²) >= 11 is 0. The van der Waals surface area contributed by atoms with Crippen LogP contribution in [0.1, 0.15) is 55.8 Å². The number of H-pyrrole nitrogens is 1. The van der Waals surface area contributed by atoms with Crippen molar-refractivity contribution in [2.45, 2.75) is 51.9 Å². The predicted molar refractivity (Wildman–Crippen MR) is 78.2 cm³/mol. The van der Waals surface area contributed by atoms with Crippen LogP contribution < -0.4 is 0 Å². The second-order valence-corrected chi connectivity index (χ2v) is 5.12. The summed E-state index contributed by atoms with van der Waals surface area (Å²) in [6, 6.07) is 9.10. The van der Waals surface area contributed by atoms with Crippen molar-refractivity contribution in [1.82, 2.24) is 15.4 Å². The molecule has 0 fully saturated rings. The van der Waals surface area contributed by atoms with Crippen LogP contribution in [0.15, 0.2) is 30.5 Å². The monoisotopic (exact) mass is 257 g/mol. The van der Waals surface area contributed by atoms with E-state index in [1.807, 2.05) is 6.20 Å². The van der Waals surface area contributed by atoms with E-state index in [0.29, 0.717) is 5.92 Å². The van der Waals surface area contributed by atoms with Crippen molar-refractivity contribution in [1.29, 1.82) is 0 Å². The van der Waals surface area contributed by atoms with Gasteiger partial charge in [-0.1, -0.05) is 44.5 Å².